The maximum absolute atomic E-state index is 13.1. The molecule has 0 spiro atoms. The van der Waals surface area contributed by atoms with Crippen LogP contribution in [-0.2, 0) is 14.3 Å². The molecule has 0 saturated carbocycles. The smallest absolute Gasteiger partial charge is 0.309 e. The molecular weight excluding hydrogens is 402 g/mol. The summed E-state index contributed by atoms with van der Waals surface area (Å²) in [5.74, 6) is 0.831. The van der Waals surface area contributed by atoms with Gasteiger partial charge in [0.15, 0.2) is 5.13 Å². The van der Waals surface area contributed by atoms with Crippen molar-refractivity contribution in [3.8, 4) is 5.75 Å². The van der Waals surface area contributed by atoms with E-state index < -0.39 is 0 Å². The van der Waals surface area contributed by atoms with Gasteiger partial charge in [0, 0.05) is 26.2 Å². The number of carbonyl (C=O) groups is 2. The van der Waals surface area contributed by atoms with Crippen LogP contribution in [0.25, 0.3) is 10.2 Å². The molecule has 0 aliphatic carbocycles. The number of esters is 1. The lowest BCUT2D eigenvalue weighted by Gasteiger charge is -2.37. The third-order valence-corrected chi connectivity index (χ3v) is 7.13. The Labute approximate surface area is 181 Å². The number of piperidine rings is 2. The van der Waals surface area contributed by atoms with Crippen LogP contribution in [0.4, 0.5) is 5.13 Å². The zero-order valence-corrected chi connectivity index (χ0v) is 18.5. The molecule has 3 heterocycles. The van der Waals surface area contributed by atoms with Crippen LogP contribution in [-0.4, -0.2) is 61.7 Å². The van der Waals surface area contributed by atoms with Crippen molar-refractivity contribution in [1.29, 1.82) is 0 Å². The molecule has 0 N–H and O–H groups in total. The van der Waals surface area contributed by atoms with E-state index in [-0.39, 0.29) is 23.7 Å². The minimum absolute atomic E-state index is 0.0144. The summed E-state index contributed by atoms with van der Waals surface area (Å²) < 4.78 is 11.5. The van der Waals surface area contributed by atoms with Gasteiger partial charge in [-0.2, -0.15) is 0 Å². The molecule has 0 radical (unpaired) electrons. The van der Waals surface area contributed by atoms with Crippen LogP contribution < -0.4 is 9.64 Å². The van der Waals surface area contributed by atoms with E-state index in [9.17, 15) is 9.59 Å². The highest BCUT2D eigenvalue weighted by molar-refractivity contribution is 7.22. The lowest BCUT2D eigenvalue weighted by molar-refractivity contribution is -0.151. The van der Waals surface area contributed by atoms with E-state index in [1.807, 2.05) is 30.0 Å². The van der Waals surface area contributed by atoms with E-state index in [0.29, 0.717) is 39.1 Å². The van der Waals surface area contributed by atoms with E-state index in [0.717, 1.165) is 40.5 Å². The Morgan fingerprint density at radius 2 is 1.97 bits per heavy atom. The zero-order chi connectivity index (χ0) is 21.1. The van der Waals surface area contributed by atoms with Crippen LogP contribution in [0.2, 0.25) is 0 Å². The Balaban J connectivity index is 1.38. The molecule has 2 aliphatic rings. The normalized spacial score (nSPS) is 20.4. The van der Waals surface area contributed by atoms with Gasteiger partial charge >= 0.3 is 5.97 Å². The molecule has 1 unspecified atom stereocenters. The highest BCUT2D eigenvalue weighted by Crippen LogP contribution is 2.34. The maximum atomic E-state index is 13.1. The molecule has 4 rings (SSSR count). The first-order valence-corrected chi connectivity index (χ1v) is 11.6. The molecular formula is C22H29N3O4S. The van der Waals surface area contributed by atoms with Crippen LogP contribution in [0.1, 0.15) is 32.6 Å². The lowest BCUT2D eigenvalue weighted by atomic mass is 9.93. The van der Waals surface area contributed by atoms with Gasteiger partial charge in [-0.25, -0.2) is 4.98 Å². The first-order chi connectivity index (χ1) is 14.6. The number of anilines is 1. The van der Waals surface area contributed by atoms with Crippen LogP contribution in [0.15, 0.2) is 18.2 Å². The second kappa shape index (κ2) is 9.20. The van der Waals surface area contributed by atoms with Gasteiger partial charge in [-0.15, -0.1) is 0 Å². The van der Waals surface area contributed by atoms with Crippen LogP contribution >= 0.6 is 11.3 Å². The second-order valence-electron chi connectivity index (χ2n) is 7.97. The van der Waals surface area contributed by atoms with Crippen LogP contribution in [0.5, 0.6) is 5.75 Å². The van der Waals surface area contributed by atoms with Crippen molar-refractivity contribution >= 4 is 38.6 Å². The zero-order valence-electron chi connectivity index (χ0n) is 17.6. The van der Waals surface area contributed by atoms with Gasteiger partial charge in [-0.3, -0.25) is 9.59 Å². The quantitative estimate of drug-likeness (QED) is 0.677. The number of rotatable bonds is 5. The number of ether oxygens (including phenoxy) is 2. The second-order valence-corrected chi connectivity index (χ2v) is 8.98. The molecule has 1 aromatic heterocycles. The molecule has 30 heavy (non-hydrogen) atoms. The van der Waals surface area contributed by atoms with Gasteiger partial charge in [0.2, 0.25) is 5.91 Å². The van der Waals surface area contributed by atoms with Gasteiger partial charge in [0.1, 0.15) is 5.75 Å². The summed E-state index contributed by atoms with van der Waals surface area (Å²) in [6.45, 7) is 5.14. The van der Waals surface area contributed by atoms with Crippen molar-refractivity contribution < 1.29 is 19.1 Å². The van der Waals surface area contributed by atoms with Gasteiger partial charge in [0.05, 0.1) is 35.8 Å². The molecule has 2 saturated heterocycles. The molecule has 2 aromatic rings. The predicted molar refractivity (Wildman–Crippen MR) is 117 cm³/mol. The fourth-order valence-corrected chi connectivity index (χ4v) is 5.39. The average molecular weight is 432 g/mol. The number of thiazole rings is 1. The summed E-state index contributed by atoms with van der Waals surface area (Å²) in [6.07, 6.45) is 3.28. The number of hydrogen-bond donors (Lipinski definition) is 0. The van der Waals surface area contributed by atoms with Crippen molar-refractivity contribution in [3.05, 3.63) is 18.2 Å². The third-order valence-electron chi connectivity index (χ3n) is 6.05. The molecule has 2 fully saturated rings. The van der Waals surface area contributed by atoms with E-state index in [1.165, 1.54) is 0 Å². The summed E-state index contributed by atoms with van der Waals surface area (Å²) in [4.78, 5) is 34.0. The number of hydrogen-bond acceptors (Lipinski definition) is 7. The highest BCUT2D eigenvalue weighted by atomic mass is 32.1. The maximum Gasteiger partial charge on any atom is 0.309 e. The number of amides is 1. The SMILES string of the molecule is CCOC(=O)C1CCN(C(=O)C2CCCN(c3nc4ccc(OC)cc4s3)C2)CC1. The first kappa shape index (κ1) is 20.9. The molecule has 7 nitrogen and oxygen atoms in total. The number of carbonyl (C=O) groups excluding carboxylic acids is 2. The van der Waals surface area contributed by atoms with E-state index in [1.54, 1.807) is 18.4 Å². The summed E-state index contributed by atoms with van der Waals surface area (Å²) in [7, 11) is 1.67. The number of aromatic nitrogens is 1. The van der Waals surface area contributed by atoms with Gasteiger partial charge in [-0.05, 0) is 50.8 Å². The molecule has 0 bridgehead atoms. The van der Waals surface area contributed by atoms with Crippen molar-refractivity contribution in [2.45, 2.75) is 32.6 Å². The summed E-state index contributed by atoms with van der Waals surface area (Å²) in [5, 5.41) is 0.969. The highest BCUT2D eigenvalue weighted by Gasteiger charge is 2.34. The fraction of sp³-hybridized carbons (Fsp3) is 0.591. The average Bonchev–Trinajstić information content (AvgIpc) is 3.22. The van der Waals surface area contributed by atoms with E-state index in [4.69, 9.17) is 14.5 Å². The minimum atomic E-state index is -0.124. The Kier molecular flexibility index (Phi) is 6.41. The Morgan fingerprint density at radius 1 is 1.17 bits per heavy atom. The third kappa shape index (κ3) is 4.38. The number of fused-ring (bicyclic) bond motifs is 1. The van der Waals surface area contributed by atoms with Crippen molar-refractivity contribution in [3.63, 3.8) is 0 Å². The molecule has 162 valence electrons. The number of likely N-dealkylation sites (tertiary alicyclic amines) is 1. The van der Waals surface area contributed by atoms with Crippen molar-refractivity contribution in [1.82, 2.24) is 9.88 Å². The molecule has 8 heteroatoms. The van der Waals surface area contributed by atoms with E-state index in [2.05, 4.69) is 4.90 Å². The van der Waals surface area contributed by atoms with Crippen LogP contribution in [0.3, 0.4) is 0 Å². The standard InChI is InChI=1S/C22H29N3O4S/c1-3-29-21(27)15-8-11-24(12-9-15)20(26)16-5-4-10-25(14-16)22-23-18-7-6-17(28-2)13-19(18)30-22/h6-7,13,15-16H,3-5,8-12,14H2,1-2H3. The van der Waals surface area contributed by atoms with Crippen molar-refractivity contribution in [2.24, 2.45) is 11.8 Å². The number of methoxy groups -OCH3 is 1. The Hall–Kier alpha value is -2.35. The molecule has 1 aromatic carbocycles. The molecule has 2 aliphatic heterocycles. The predicted octanol–water partition coefficient (Wildman–Crippen LogP) is 3.32. The largest absolute Gasteiger partial charge is 0.497 e. The monoisotopic (exact) mass is 431 g/mol. The number of benzene rings is 1. The van der Waals surface area contributed by atoms with Crippen molar-refractivity contribution in [2.75, 3.05) is 44.8 Å². The number of nitrogens with zero attached hydrogens (tertiary/aromatic N) is 3. The lowest BCUT2D eigenvalue weighted by Crippen LogP contribution is -2.48. The Bertz CT molecular complexity index is 907. The first-order valence-electron chi connectivity index (χ1n) is 10.7. The molecule has 1 atom stereocenters. The Morgan fingerprint density at radius 3 is 2.70 bits per heavy atom. The van der Waals surface area contributed by atoms with Crippen LogP contribution in [0, 0.1) is 11.8 Å². The topological polar surface area (TPSA) is 72.0 Å². The van der Waals surface area contributed by atoms with Gasteiger partial charge in [0.25, 0.3) is 0 Å². The summed E-state index contributed by atoms with van der Waals surface area (Å²) in [5.41, 5.74) is 0.963. The molecule has 1 amide bonds. The minimum Gasteiger partial charge on any atom is -0.497 e. The van der Waals surface area contributed by atoms with Gasteiger partial charge < -0.3 is 19.3 Å². The van der Waals surface area contributed by atoms with E-state index >= 15 is 0 Å². The summed E-state index contributed by atoms with van der Waals surface area (Å²) in [6, 6.07) is 5.92. The fourth-order valence-electron chi connectivity index (χ4n) is 4.36. The summed E-state index contributed by atoms with van der Waals surface area (Å²) >= 11 is 1.65. The van der Waals surface area contributed by atoms with Gasteiger partial charge in [-0.1, -0.05) is 11.3 Å².